The number of aldehydes is 1. The molecule has 0 aromatic carbocycles. The third-order valence-corrected chi connectivity index (χ3v) is 6.67. The Morgan fingerprint density at radius 1 is 1.00 bits per heavy atom. The standard InChI is InChI=1S/C15H29NO3S.C5H11NO2/c16-20(18,19)15(12-13-15)11-9-7-5-3-1-2-4-6-8-10-14-17;1-5(2,3)6-4(7)8/h14H,1-13H2,(H2,16,18,19);6H,1-3H3,(H,7,8). The number of rotatable bonds is 13. The number of nitrogens with one attached hydrogen (secondary N) is 1. The second-order valence-corrected chi connectivity index (χ2v) is 10.8. The third-order valence-electron chi connectivity index (χ3n) is 4.85. The highest BCUT2D eigenvalue weighted by Gasteiger charge is 2.51. The molecule has 1 aliphatic rings. The smallest absolute Gasteiger partial charge is 0.405 e. The SMILES string of the molecule is CC(C)(C)NC(=O)O.NS(=O)(=O)C1(CCCCCCCCCCCC=O)CC1. The number of sulfonamides is 1. The molecule has 0 unspecified atom stereocenters. The van der Waals surface area contributed by atoms with Gasteiger partial charge in [-0.05, 0) is 46.5 Å². The first kappa shape index (κ1) is 26.9. The zero-order chi connectivity index (χ0) is 21.7. The van der Waals surface area contributed by atoms with E-state index in [1.807, 2.05) is 0 Å². The second kappa shape index (κ2) is 13.1. The van der Waals surface area contributed by atoms with Gasteiger partial charge in [0.1, 0.15) is 6.29 Å². The molecule has 1 rings (SSSR count). The number of unbranched alkanes of at least 4 members (excludes halogenated alkanes) is 9. The molecule has 0 aliphatic heterocycles. The number of hydrogen-bond acceptors (Lipinski definition) is 4. The van der Waals surface area contributed by atoms with Crippen LogP contribution in [-0.4, -0.2) is 36.2 Å². The molecule has 0 aromatic heterocycles. The monoisotopic (exact) mass is 420 g/mol. The van der Waals surface area contributed by atoms with Crippen molar-refractivity contribution >= 4 is 22.4 Å². The molecule has 28 heavy (non-hydrogen) atoms. The number of carbonyl (C=O) groups is 2. The Labute approximate surface area is 170 Å². The molecule has 4 N–H and O–H groups in total. The maximum absolute atomic E-state index is 11.4. The van der Waals surface area contributed by atoms with E-state index < -0.39 is 20.9 Å². The largest absolute Gasteiger partial charge is 0.465 e. The van der Waals surface area contributed by atoms with Crippen LogP contribution in [0.5, 0.6) is 0 Å². The van der Waals surface area contributed by atoms with E-state index in [-0.39, 0.29) is 5.54 Å². The average molecular weight is 421 g/mol. The van der Waals surface area contributed by atoms with Crippen molar-refractivity contribution in [1.29, 1.82) is 0 Å². The Bertz CT molecular complexity index is 551. The zero-order valence-corrected chi connectivity index (χ0v) is 18.7. The summed E-state index contributed by atoms with van der Waals surface area (Å²) in [6, 6.07) is 0. The summed E-state index contributed by atoms with van der Waals surface area (Å²) in [7, 11) is -3.33. The van der Waals surface area contributed by atoms with Crippen LogP contribution < -0.4 is 10.5 Å². The van der Waals surface area contributed by atoms with Crippen molar-refractivity contribution in [2.24, 2.45) is 5.14 Å². The van der Waals surface area contributed by atoms with Crippen LogP contribution in [0, 0.1) is 0 Å². The molecule has 0 heterocycles. The molecule has 0 saturated heterocycles. The van der Waals surface area contributed by atoms with Crippen LogP contribution in [0.1, 0.15) is 104 Å². The Balaban J connectivity index is 0.000000769. The van der Waals surface area contributed by atoms with Crippen molar-refractivity contribution in [3.63, 3.8) is 0 Å². The topological polar surface area (TPSA) is 127 Å². The van der Waals surface area contributed by atoms with E-state index in [0.717, 1.165) is 51.2 Å². The molecule has 1 saturated carbocycles. The molecule has 7 nitrogen and oxygen atoms in total. The minimum Gasteiger partial charge on any atom is -0.465 e. The van der Waals surface area contributed by atoms with Crippen LogP contribution >= 0.6 is 0 Å². The fourth-order valence-corrected chi connectivity index (χ4v) is 4.15. The van der Waals surface area contributed by atoms with Crippen LogP contribution in [0.25, 0.3) is 0 Å². The van der Waals surface area contributed by atoms with Gasteiger partial charge in [0.05, 0.1) is 4.75 Å². The van der Waals surface area contributed by atoms with Crippen LogP contribution in [0.15, 0.2) is 0 Å². The molecule has 1 amide bonds. The molecule has 1 fully saturated rings. The van der Waals surface area contributed by atoms with Crippen molar-refractivity contribution in [3.05, 3.63) is 0 Å². The van der Waals surface area contributed by atoms with E-state index in [4.69, 9.17) is 10.2 Å². The van der Waals surface area contributed by atoms with E-state index in [1.165, 1.54) is 32.1 Å². The van der Waals surface area contributed by atoms with Crippen LogP contribution in [-0.2, 0) is 14.8 Å². The van der Waals surface area contributed by atoms with Gasteiger partial charge in [-0.3, -0.25) is 0 Å². The summed E-state index contributed by atoms with van der Waals surface area (Å²) in [5.74, 6) is 0. The minimum atomic E-state index is -3.33. The normalized spacial score (nSPS) is 15.3. The van der Waals surface area contributed by atoms with E-state index in [2.05, 4.69) is 5.32 Å². The van der Waals surface area contributed by atoms with Gasteiger partial charge in [-0.25, -0.2) is 18.4 Å². The molecule has 1 aliphatic carbocycles. The Hall–Kier alpha value is -1.15. The lowest BCUT2D eigenvalue weighted by molar-refractivity contribution is -0.107. The number of primary sulfonamides is 1. The van der Waals surface area contributed by atoms with E-state index in [0.29, 0.717) is 6.42 Å². The van der Waals surface area contributed by atoms with E-state index in [9.17, 15) is 18.0 Å². The Kier molecular flexibility index (Phi) is 12.6. The molecule has 0 radical (unpaired) electrons. The van der Waals surface area contributed by atoms with E-state index in [1.54, 1.807) is 20.8 Å². The Morgan fingerprint density at radius 3 is 1.71 bits per heavy atom. The molecule has 166 valence electrons. The van der Waals surface area contributed by atoms with Gasteiger partial charge >= 0.3 is 6.09 Å². The van der Waals surface area contributed by atoms with Gasteiger partial charge in [0.15, 0.2) is 0 Å². The number of hydrogen-bond donors (Lipinski definition) is 3. The minimum absolute atomic E-state index is 0.328. The number of carbonyl (C=O) groups excluding carboxylic acids is 1. The molecular weight excluding hydrogens is 380 g/mol. The van der Waals surface area contributed by atoms with E-state index >= 15 is 0 Å². The molecule has 0 spiro atoms. The zero-order valence-electron chi connectivity index (χ0n) is 17.8. The fraction of sp³-hybridized carbons (Fsp3) is 0.900. The summed E-state index contributed by atoms with van der Waals surface area (Å²) in [6.07, 6.45) is 13.4. The van der Waals surface area contributed by atoms with Gasteiger partial charge in [0.25, 0.3) is 0 Å². The summed E-state index contributed by atoms with van der Waals surface area (Å²) in [5, 5.41) is 15.7. The van der Waals surface area contributed by atoms with Crippen LogP contribution in [0.2, 0.25) is 0 Å². The lowest BCUT2D eigenvalue weighted by atomic mass is 10.0. The number of carboxylic acid groups (broad SMARTS) is 1. The maximum atomic E-state index is 11.4. The van der Waals surface area contributed by atoms with Gasteiger partial charge in [0.2, 0.25) is 10.0 Å². The lowest BCUT2D eigenvalue weighted by Gasteiger charge is -2.16. The number of amides is 1. The molecule has 0 bridgehead atoms. The van der Waals surface area contributed by atoms with Crippen molar-refractivity contribution in [1.82, 2.24) is 5.32 Å². The predicted octanol–water partition coefficient (Wildman–Crippen LogP) is 4.35. The quantitative estimate of drug-likeness (QED) is 0.301. The number of nitrogens with two attached hydrogens (primary N) is 1. The summed E-state index contributed by atoms with van der Waals surface area (Å²) >= 11 is 0. The van der Waals surface area contributed by atoms with Crippen LogP contribution in [0.4, 0.5) is 4.79 Å². The first-order valence-corrected chi connectivity index (χ1v) is 12.0. The van der Waals surface area contributed by atoms with Crippen molar-refractivity contribution in [2.45, 2.75) is 115 Å². The van der Waals surface area contributed by atoms with Gasteiger partial charge in [-0.1, -0.05) is 51.4 Å². The van der Waals surface area contributed by atoms with Crippen molar-refractivity contribution in [3.8, 4) is 0 Å². The highest BCUT2D eigenvalue weighted by atomic mass is 32.2. The fourth-order valence-electron chi connectivity index (χ4n) is 3.05. The summed E-state index contributed by atoms with van der Waals surface area (Å²) in [5.41, 5.74) is -0.328. The summed E-state index contributed by atoms with van der Waals surface area (Å²) < 4.78 is 22.2. The first-order valence-electron chi connectivity index (χ1n) is 10.4. The highest BCUT2D eigenvalue weighted by molar-refractivity contribution is 7.90. The summed E-state index contributed by atoms with van der Waals surface area (Å²) in [4.78, 5) is 20.0. The van der Waals surface area contributed by atoms with Crippen molar-refractivity contribution < 1.29 is 23.1 Å². The van der Waals surface area contributed by atoms with Gasteiger partial charge in [-0.2, -0.15) is 0 Å². The Morgan fingerprint density at radius 2 is 1.43 bits per heavy atom. The van der Waals surface area contributed by atoms with Gasteiger partial charge < -0.3 is 15.2 Å². The first-order chi connectivity index (χ1) is 12.9. The molecule has 0 atom stereocenters. The van der Waals surface area contributed by atoms with Crippen LogP contribution in [0.3, 0.4) is 0 Å². The maximum Gasteiger partial charge on any atom is 0.405 e. The molecule has 0 aromatic rings. The highest BCUT2D eigenvalue weighted by Crippen LogP contribution is 2.46. The molecular formula is C20H40N2O5S. The second-order valence-electron chi connectivity index (χ2n) is 8.80. The summed E-state index contributed by atoms with van der Waals surface area (Å²) in [6.45, 7) is 5.38. The average Bonchev–Trinajstić information content (AvgIpc) is 3.32. The molecule has 8 heteroatoms. The van der Waals surface area contributed by atoms with Crippen molar-refractivity contribution in [2.75, 3.05) is 0 Å². The lowest BCUT2D eigenvalue weighted by Crippen LogP contribution is -2.39. The predicted molar refractivity (Wildman–Crippen MR) is 113 cm³/mol. The van der Waals surface area contributed by atoms with Gasteiger partial charge in [-0.15, -0.1) is 0 Å². The third kappa shape index (κ3) is 13.9. The van der Waals surface area contributed by atoms with Gasteiger partial charge in [0, 0.05) is 12.0 Å².